The number of carbonyl (C=O) groups excluding carboxylic acids is 1. The second-order valence-corrected chi connectivity index (χ2v) is 4.75. The van der Waals surface area contributed by atoms with Crippen molar-refractivity contribution in [1.29, 1.82) is 0 Å². The number of rotatable bonds is 2. The molecule has 0 aliphatic heterocycles. The number of hydrogen-bond donors (Lipinski definition) is 0. The first-order chi connectivity index (χ1) is 8.75. The summed E-state index contributed by atoms with van der Waals surface area (Å²) >= 11 is 0. The third-order valence-electron chi connectivity index (χ3n) is 3.72. The van der Waals surface area contributed by atoms with Gasteiger partial charge in [-0.15, -0.1) is 0 Å². The lowest BCUT2D eigenvalue weighted by Crippen LogP contribution is -2.47. The van der Waals surface area contributed by atoms with Crippen molar-refractivity contribution in [3.05, 3.63) is 83.9 Å². The van der Waals surface area contributed by atoms with Gasteiger partial charge in [-0.1, -0.05) is 67.2 Å². The molecule has 0 atom stereocenters. The maximum Gasteiger partial charge on any atom is 0.173 e. The van der Waals surface area contributed by atoms with Gasteiger partial charge in [0.05, 0.1) is 5.41 Å². The van der Waals surface area contributed by atoms with Gasteiger partial charge in [0.1, 0.15) is 0 Å². The first kappa shape index (κ1) is 11.0. The fourth-order valence-electron chi connectivity index (χ4n) is 2.75. The zero-order chi connectivity index (χ0) is 12.6. The summed E-state index contributed by atoms with van der Waals surface area (Å²) in [5.74, 6) is 0.153. The third-order valence-corrected chi connectivity index (χ3v) is 3.72. The van der Waals surface area contributed by atoms with E-state index in [1.807, 2.05) is 60.7 Å². The van der Waals surface area contributed by atoms with Crippen LogP contribution in [0.1, 0.15) is 17.5 Å². The number of benzene rings is 2. The largest absolute Gasteiger partial charge is 0.293 e. The summed E-state index contributed by atoms with van der Waals surface area (Å²) in [4.78, 5) is 12.4. The van der Waals surface area contributed by atoms with Crippen LogP contribution in [-0.4, -0.2) is 5.78 Å². The molecule has 1 heteroatoms. The van der Waals surface area contributed by atoms with Crippen molar-refractivity contribution in [2.75, 3.05) is 0 Å². The van der Waals surface area contributed by atoms with Gasteiger partial charge in [0.15, 0.2) is 5.78 Å². The van der Waals surface area contributed by atoms with E-state index >= 15 is 0 Å². The van der Waals surface area contributed by atoms with Crippen molar-refractivity contribution >= 4 is 5.78 Å². The zero-order valence-electron chi connectivity index (χ0n) is 10.1. The molecule has 18 heavy (non-hydrogen) atoms. The molecule has 1 aliphatic carbocycles. The van der Waals surface area contributed by atoms with Gasteiger partial charge in [-0.05, 0) is 23.1 Å². The normalized spacial score (nSPS) is 17.3. The molecular weight excluding hydrogens is 220 g/mol. The van der Waals surface area contributed by atoms with E-state index in [-0.39, 0.29) is 5.78 Å². The summed E-state index contributed by atoms with van der Waals surface area (Å²) in [6.45, 7) is 3.84. The second-order valence-electron chi connectivity index (χ2n) is 4.75. The molecule has 0 saturated heterocycles. The van der Waals surface area contributed by atoms with Crippen molar-refractivity contribution in [2.24, 2.45) is 0 Å². The van der Waals surface area contributed by atoms with Gasteiger partial charge < -0.3 is 0 Å². The Balaban J connectivity index is 2.18. The molecule has 0 amide bonds. The lowest BCUT2D eigenvalue weighted by atomic mass is 9.57. The molecule has 1 saturated carbocycles. The molecule has 1 nitrogen and oxygen atoms in total. The Morgan fingerprint density at radius 1 is 0.833 bits per heavy atom. The molecule has 0 bridgehead atoms. The van der Waals surface area contributed by atoms with E-state index in [0.717, 1.165) is 23.1 Å². The Hall–Kier alpha value is -2.15. The van der Waals surface area contributed by atoms with E-state index < -0.39 is 5.41 Å². The molecule has 0 aromatic heterocycles. The van der Waals surface area contributed by atoms with Gasteiger partial charge in [0.25, 0.3) is 0 Å². The van der Waals surface area contributed by atoms with Crippen molar-refractivity contribution in [3.8, 4) is 0 Å². The van der Waals surface area contributed by atoms with Crippen LogP contribution in [0.2, 0.25) is 0 Å². The minimum Gasteiger partial charge on any atom is -0.293 e. The summed E-state index contributed by atoms with van der Waals surface area (Å²) in [5.41, 5.74) is 2.35. The quantitative estimate of drug-likeness (QED) is 0.727. The summed E-state index contributed by atoms with van der Waals surface area (Å²) in [6.07, 6.45) is 0.722. The predicted octanol–water partition coefficient (Wildman–Crippen LogP) is 3.50. The third kappa shape index (κ3) is 1.37. The maximum atomic E-state index is 12.4. The van der Waals surface area contributed by atoms with Crippen molar-refractivity contribution in [1.82, 2.24) is 0 Å². The van der Waals surface area contributed by atoms with Crippen molar-refractivity contribution in [3.63, 3.8) is 0 Å². The summed E-state index contributed by atoms with van der Waals surface area (Å²) in [5, 5.41) is 0. The lowest BCUT2D eigenvalue weighted by molar-refractivity contribution is -0.123. The molecule has 0 N–H and O–H groups in total. The Bertz CT molecular complexity index is 557. The van der Waals surface area contributed by atoms with Gasteiger partial charge >= 0.3 is 0 Å². The van der Waals surface area contributed by atoms with E-state index in [1.165, 1.54) is 0 Å². The predicted molar refractivity (Wildman–Crippen MR) is 72.4 cm³/mol. The van der Waals surface area contributed by atoms with Gasteiger partial charge in [-0.2, -0.15) is 0 Å². The lowest BCUT2D eigenvalue weighted by Gasteiger charge is -2.42. The summed E-state index contributed by atoms with van der Waals surface area (Å²) in [7, 11) is 0. The highest BCUT2D eigenvalue weighted by Gasteiger charge is 2.51. The molecule has 2 aromatic rings. The van der Waals surface area contributed by atoms with Gasteiger partial charge in [-0.3, -0.25) is 4.79 Å². The fraction of sp³-hybridized carbons (Fsp3) is 0.118. The van der Waals surface area contributed by atoms with E-state index in [0.29, 0.717) is 0 Å². The van der Waals surface area contributed by atoms with Crippen LogP contribution in [-0.2, 0) is 10.2 Å². The molecule has 1 aliphatic rings. The van der Waals surface area contributed by atoms with Crippen LogP contribution in [0.25, 0.3) is 0 Å². The molecule has 0 spiro atoms. The smallest absolute Gasteiger partial charge is 0.173 e. The Morgan fingerprint density at radius 2 is 1.28 bits per heavy atom. The molecule has 3 rings (SSSR count). The minimum absolute atomic E-state index is 0.153. The standard InChI is InChI=1S/C17H14O/c1-13-12-17(16(13)18,14-8-4-2-5-9-14)15-10-6-3-7-11-15/h2-11H,1,12H2. The van der Waals surface area contributed by atoms with Crippen LogP contribution in [0.4, 0.5) is 0 Å². The first-order valence-electron chi connectivity index (χ1n) is 6.09. The van der Waals surface area contributed by atoms with Crippen molar-refractivity contribution < 1.29 is 4.79 Å². The van der Waals surface area contributed by atoms with Crippen LogP contribution >= 0.6 is 0 Å². The van der Waals surface area contributed by atoms with Crippen molar-refractivity contribution in [2.45, 2.75) is 11.8 Å². The van der Waals surface area contributed by atoms with E-state index in [9.17, 15) is 4.79 Å². The van der Waals surface area contributed by atoms with Crippen LogP contribution < -0.4 is 0 Å². The Morgan fingerprint density at radius 3 is 1.61 bits per heavy atom. The SMILES string of the molecule is C=C1CC(c2ccccc2)(c2ccccc2)C1=O. The maximum absolute atomic E-state index is 12.4. The van der Waals surface area contributed by atoms with E-state index in [2.05, 4.69) is 6.58 Å². The summed E-state index contributed by atoms with van der Waals surface area (Å²) < 4.78 is 0. The average Bonchev–Trinajstić information content (AvgIpc) is 2.46. The monoisotopic (exact) mass is 234 g/mol. The zero-order valence-corrected chi connectivity index (χ0v) is 10.1. The highest BCUT2D eigenvalue weighted by molar-refractivity contribution is 6.12. The van der Waals surface area contributed by atoms with Gasteiger partial charge in [-0.25, -0.2) is 0 Å². The molecule has 0 heterocycles. The molecule has 0 unspecified atom stereocenters. The number of hydrogen-bond acceptors (Lipinski definition) is 1. The van der Waals surface area contributed by atoms with Gasteiger partial charge in [0.2, 0.25) is 0 Å². The minimum atomic E-state index is -0.500. The molecule has 88 valence electrons. The number of Topliss-reactive ketones (excluding diaryl/α,β-unsaturated/α-hetero) is 1. The highest BCUT2D eigenvalue weighted by Crippen LogP contribution is 2.48. The summed E-state index contributed by atoms with van der Waals surface area (Å²) in [6, 6.07) is 20.0. The van der Waals surface area contributed by atoms with Crippen LogP contribution in [0.15, 0.2) is 72.8 Å². The highest BCUT2D eigenvalue weighted by atomic mass is 16.1. The number of carbonyl (C=O) groups is 1. The number of allylic oxidation sites excluding steroid dienone is 1. The Kier molecular flexibility index (Phi) is 2.41. The van der Waals surface area contributed by atoms with Gasteiger partial charge in [0, 0.05) is 0 Å². The molecular formula is C17H14O. The van der Waals surface area contributed by atoms with E-state index in [4.69, 9.17) is 0 Å². The first-order valence-corrected chi connectivity index (χ1v) is 6.09. The molecule has 1 fully saturated rings. The van der Waals surface area contributed by atoms with Crippen LogP contribution in [0.5, 0.6) is 0 Å². The topological polar surface area (TPSA) is 17.1 Å². The van der Waals surface area contributed by atoms with Crippen LogP contribution in [0, 0.1) is 0 Å². The number of ketones is 1. The fourth-order valence-corrected chi connectivity index (χ4v) is 2.75. The molecule has 2 aromatic carbocycles. The average molecular weight is 234 g/mol. The van der Waals surface area contributed by atoms with Crippen LogP contribution in [0.3, 0.4) is 0 Å². The Labute approximate surface area is 107 Å². The second kappa shape index (κ2) is 3.95. The molecule has 0 radical (unpaired) electrons. The van der Waals surface area contributed by atoms with E-state index in [1.54, 1.807) is 0 Å².